The van der Waals surface area contributed by atoms with Gasteiger partial charge in [-0.1, -0.05) is 28.4 Å². The average Bonchev–Trinajstić information content (AvgIpc) is 3.18. The first kappa shape index (κ1) is 21.7. The summed E-state index contributed by atoms with van der Waals surface area (Å²) >= 11 is 11.8. The van der Waals surface area contributed by atoms with Crippen molar-refractivity contribution in [3.05, 3.63) is 64.2 Å². The molecule has 2 aromatic carbocycles. The van der Waals surface area contributed by atoms with Gasteiger partial charge in [0.2, 0.25) is 11.7 Å². The second-order valence-corrected chi connectivity index (χ2v) is 7.11. The number of aromatic nitrogens is 2. The van der Waals surface area contributed by atoms with Crippen LogP contribution in [0.25, 0.3) is 11.4 Å². The standard InChI is InChI=1S/C20H16Cl2FN3O4/c1-11(20(28)24-16-7-4-13(21)10-15(16)22)29-18(27)9-8-17-25-19(26-30-17)12-2-5-14(23)6-3-12/h2-7,10-11H,8-9H2,1H3,(H,24,28). The molecule has 0 aliphatic rings. The number of ether oxygens (including phenoxy) is 1. The van der Waals surface area contributed by atoms with Crippen LogP contribution in [-0.4, -0.2) is 28.1 Å². The van der Waals surface area contributed by atoms with E-state index < -0.39 is 18.0 Å². The van der Waals surface area contributed by atoms with Crippen LogP contribution in [0.3, 0.4) is 0 Å². The number of nitrogens with one attached hydrogen (secondary N) is 1. The molecule has 0 saturated heterocycles. The zero-order valence-electron chi connectivity index (χ0n) is 15.7. The molecule has 1 amide bonds. The van der Waals surface area contributed by atoms with E-state index in [1.54, 1.807) is 12.1 Å². The molecule has 1 N–H and O–H groups in total. The molecule has 156 valence electrons. The van der Waals surface area contributed by atoms with E-state index in [1.807, 2.05) is 0 Å². The van der Waals surface area contributed by atoms with E-state index in [4.69, 9.17) is 32.5 Å². The summed E-state index contributed by atoms with van der Waals surface area (Å²) in [6.07, 6.45) is -0.976. The normalized spacial score (nSPS) is 11.7. The number of aryl methyl sites for hydroxylation is 1. The number of carbonyl (C=O) groups is 2. The van der Waals surface area contributed by atoms with Crippen molar-refractivity contribution in [2.75, 3.05) is 5.32 Å². The number of rotatable bonds is 7. The van der Waals surface area contributed by atoms with E-state index in [0.717, 1.165) is 0 Å². The summed E-state index contributed by atoms with van der Waals surface area (Å²) in [5.74, 6) is -1.02. The number of amides is 1. The van der Waals surface area contributed by atoms with Gasteiger partial charge in [0.15, 0.2) is 6.10 Å². The Bertz CT molecular complexity index is 1060. The lowest BCUT2D eigenvalue weighted by Gasteiger charge is -2.14. The molecule has 1 aromatic heterocycles. The molecule has 0 aliphatic heterocycles. The van der Waals surface area contributed by atoms with Gasteiger partial charge in [0.05, 0.1) is 17.1 Å². The minimum absolute atomic E-state index is 0.0651. The van der Waals surface area contributed by atoms with Crippen LogP contribution in [0.5, 0.6) is 0 Å². The maximum absolute atomic E-state index is 13.0. The van der Waals surface area contributed by atoms with Crippen LogP contribution in [0.15, 0.2) is 47.0 Å². The van der Waals surface area contributed by atoms with Crippen LogP contribution in [-0.2, 0) is 20.7 Å². The van der Waals surface area contributed by atoms with Crippen molar-refractivity contribution in [3.8, 4) is 11.4 Å². The second kappa shape index (κ2) is 9.69. The molecule has 0 spiro atoms. The molecule has 0 bridgehead atoms. The summed E-state index contributed by atoms with van der Waals surface area (Å²) in [7, 11) is 0. The lowest BCUT2D eigenvalue weighted by molar-refractivity contribution is -0.153. The number of nitrogens with zero attached hydrogens (tertiary/aromatic N) is 2. The Labute approximate surface area is 181 Å². The minimum atomic E-state index is -1.04. The molecule has 1 heterocycles. The van der Waals surface area contributed by atoms with Gasteiger partial charge in [-0.05, 0) is 49.4 Å². The van der Waals surface area contributed by atoms with Gasteiger partial charge >= 0.3 is 5.97 Å². The van der Waals surface area contributed by atoms with Gasteiger partial charge in [-0.15, -0.1) is 0 Å². The molecule has 0 saturated carbocycles. The van der Waals surface area contributed by atoms with Crippen molar-refractivity contribution in [2.45, 2.75) is 25.9 Å². The third kappa shape index (κ3) is 5.77. The highest BCUT2D eigenvalue weighted by Crippen LogP contribution is 2.25. The number of anilines is 1. The number of hydrogen-bond acceptors (Lipinski definition) is 6. The summed E-state index contributed by atoms with van der Waals surface area (Å²) in [5.41, 5.74) is 0.938. The fraction of sp³-hybridized carbons (Fsp3) is 0.200. The lowest BCUT2D eigenvalue weighted by atomic mass is 10.2. The van der Waals surface area contributed by atoms with Crippen LogP contribution in [0.1, 0.15) is 19.2 Å². The fourth-order valence-electron chi connectivity index (χ4n) is 2.42. The predicted molar refractivity (Wildman–Crippen MR) is 109 cm³/mol. The van der Waals surface area contributed by atoms with Gasteiger partial charge in [0.25, 0.3) is 5.91 Å². The van der Waals surface area contributed by atoms with E-state index in [-0.39, 0.29) is 35.4 Å². The Kier molecular flexibility index (Phi) is 7.02. The number of benzene rings is 2. The molecule has 0 aliphatic carbocycles. The van der Waals surface area contributed by atoms with Crippen LogP contribution < -0.4 is 5.32 Å². The lowest BCUT2D eigenvalue weighted by Crippen LogP contribution is -2.30. The Morgan fingerprint density at radius 1 is 1.20 bits per heavy atom. The van der Waals surface area contributed by atoms with E-state index in [1.165, 1.54) is 37.3 Å². The Morgan fingerprint density at radius 3 is 2.63 bits per heavy atom. The zero-order valence-corrected chi connectivity index (χ0v) is 17.2. The highest BCUT2D eigenvalue weighted by Gasteiger charge is 2.20. The van der Waals surface area contributed by atoms with Crippen molar-refractivity contribution in [1.29, 1.82) is 0 Å². The quantitative estimate of drug-likeness (QED) is 0.523. The summed E-state index contributed by atoms with van der Waals surface area (Å²) in [6.45, 7) is 1.44. The molecule has 0 fully saturated rings. The highest BCUT2D eigenvalue weighted by atomic mass is 35.5. The molecule has 7 nitrogen and oxygen atoms in total. The molecule has 1 atom stereocenters. The van der Waals surface area contributed by atoms with E-state index in [9.17, 15) is 14.0 Å². The van der Waals surface area contributed by atoms with Crippen LogP contribution in [0, 0.1) is 5.82 Å². The summed E-state index contributed by atoms with van der Waals surface area (Å²) in [5, 5.41) is 7.06. The minimum Gasteiger partial charge on any atom is -0.453 e. The molecule has 10 heteroatoms. The maximum Gasteiger partial charge on any atom is 0.307 e. The number of esters is 1. The molecular weight excluding hydrogens is 436 g/mol. The zero-order chi connectivity index (χ0) is 21.7. The number of carbonyl (C=O) groups excluding carboxylic acids is 2. The van der Waals surface area contributed by atoms with Gasteiger partial charge in [0.1, 0.15) is 5.82 Å². The number of halogens is 3. The van der Waals surface area contributed by atoms with Gasteiger partial charge in [-0.2, -0.15) is 4.98 Å². The van der Waals surface area contributed by atoms with Crippen molar-refractivity contribution in [2.24, 2.45) is 0 Å². The van der Waals surface area contributed by atoms with Crippen molar-refractivity contribution >= 4 is 40.8 Å². The smallest absolute Gasteiger partial charge is 0.307 e. The third-order valence-electron chi connectivity index (χ3n) is 3.98. The molecule has 3 rings (SSSR count). The van der Waals surface area contributed by atoms with Gasteiger partial charge in [-0.3, -0.25) is 9.59 Å². The first-order chi connectivity index (χ1) is 14.3. The Morgan fingerprint density at radius 2 is 1.93 bits per heavy atom. The maximum atomic E-state index is 13.0. The fourth-order valence-corrected chi connectivity index (χ4v) is 2.87. The van der Waals surface area contributed by atoms with Crippen molar-refractivity contribution in [1.82, 2.24) is 10.1 Å². The van der Waals surface area contributed by atoms with Gasteiger partial charge < -0.3 is 14.6 Å². The van der Waals surface area contributed by atoms with Crippen LogP contribution >= 0.6 is 23.2 Å². The van der Waals surface area contributed by atoms with Gasteiger partial charge in [0, 0.05) is 17.0 Å². The topological polar surface area (TPSA) is 94.3 Å². The van der Waals surface area contributed by atoms with Crippen molar-refractivity contribution in [3.63, 3.8) is 0 Å². The summed E-state index contributed by atoms with van der Waals surface area (Å²) in [4.78, 5) is 28.4. The molecule has 3 aromatic rings. The first-order valence-electron chi connectivity index (χ1n) is 8.86. The summed E-state index contributed by atoms with van der Waals surface area (Å²) < 4.78 is 23.2. The molecule has 0 radical (unpaired) electrons. The third-order valence-corrected chi connectivity index (χ3v) is 4.53. The Balaban J connectivity index is 1.49. The largest absolute Gasteiger partial charge is 0.453 e. The van der Waals surface area contributed by atoms with E-state index in [0.29, 0.717) is 16.3 Å². The van der Waals surface area contributed by atoms with Crippen LogP contribution in [0.2, 0.25) is 10.0 Å². The average molecular weight is 452 g/mol. The predicted octanol–water partition coefficient (Wildman–Crippen LogP) is 4.69. The monoisotopic (exact) mass is 451 g/mol. The summed E-state index contributed by atoms with van der Waals surface area (Å²) in [6, 6.07) is 10.2. The molecular formula is C20H16Cl2FN3O4. The molecule has 1 unspecified atom stereocenters. The van der Waals surface area contributed by atoms with Gasteiger partial charge in [-0.25, -0.2) is 4.39 Å². The highest BCUT2D eigenvalue weighted by molar-refractivity contribution is 6.36. The van der Waals surface area contributed by atoms with E-state index >= 15 is 0 Å². The molecule has 30 heavy (non-hydrogen) atoms. The van der Waals surface area contributed by atoms with E-state index in [2.05, 4.69) is 15.5 Å². The second-order valence-electron chi connectivity index (χ2n) is 6.26. The van der Waals surface area contributed by atoms with Crippen molar-refractivity contribution < 1.29 is 23.2 Å². The Hall–Kier alpha value is -2.97. The number of hydrogen-bond donors (Lipinski definition) is 1. The SMILES string of the molecule is CC(OC(=O)CCc1nc(-c2ccc(F)cc2)no1)C(=O)Nc1ccc(Cl)cc1Cl. The van der Waals surface area contributed by atoms with Crippen LogP contribution in [0.4, 0.5) is 10.1 Å². The first-order valence-corrected chi connectivity index (χ1v) is 9.61.